The minimum atomic E-state index is -0.712. The van der Waals surface area contributed by atoms with Crippen LogP contribution in [0.1, 0.15) is 12.8 Å². The molecule has 2 amide bonds. The van der Waals surface area contributed by atoms with Crippen LogP contribution < -0.4 is 5.32 Å². The molecule has 2 N–H and O–H groups in total. The van der Waals surface area contributed by atoms with E-state index < -0.39 is 17.9 Å². The second kappa shape index (κ2) is 6.04. The number of carbonyl (C=O) groups excluding carboxylic acids is 2. The molecule has 0 radical (unpaired) electrons. The number of likely N-dealkylation sites (tertiary alicyclic amines) is 1. The minimum absolute atomic E-state index is 0.210. The Bertz CT molecular complexity index is 493. The lowest BCUT2D eigenvalue weighted by molar-refractivity contribution is -0.145. The van der Waals surface area contributed by atoms with Gasteiger partial charge in [0.1, 0.15) is 0 Å². The molecular weight excluding hydrogens is 268 g/mol. The summed E-state index contributed by atoms with van der Waals surface area (Å²) < 4.78 is 0. The predicted molar refractivity (Wildman–Crippen MR) is 71.9 cm³/mol. The molecule has 6 heteroatoms. The summed E-state index contributed by atoms with van der Waals surface area (Å²) in [5.41, 5.74) is 0.475. The molecule has 102 valence electrons. The van der Waals surface area contributed by atoms with Crippen LogP contribution in [0.2, 0.25) is 5.02 Å². The molecule has 1 aromatic carbocycles. The number of aliphatic hydroxyl groups excluding tert-OH is 1. The smallest absolute Gasteiger partial charge is 0.313 e. The molecule has 0 aliphatic carbocycles. The summed E-state index contributed by atoms with van der Waals surface area (Å²) in [6, 6.07) is 6.59. The fourth-order valence-corrected chi connectivity index (χ4v) is 2.22. The highest BCUT2D eigenvalue weighted by atomic mass is 35.5. The Morgan fingerprint density at radius 3 is 2.89 bits per heavy atom. The maximum atomic E-state index is 11.9. The van der Waals surface area contributed by atoms with E-state index in [1.807, 2.05) is 0 Å². The molecule has 1 fully saturated rings. The number of β-amino-alcohol motifs (C(OH)–C–C–N with tert-alkyl or cyclic N) is 1. The van der Waals surface area contributed by atoms with Gasteiger partial charge in [-0.15, -0.1) is 0 Å². The third-order valence-electron chi connectivity index (χ3n) is 2.96. The van der Waals surface area contributed by atoms with Gasteiger partial charge in [0.25, 0.3) is 0 Å². The van der Waals surface area contributed by atoms with Crippen LogP contribution in [0.4, 0.5) is 5.69 Å². The molecule has 0 saturated carbocycles. The Kier molecular flexibility index (Phi) is 4.39. The number of aliphatic hydroxyl groups is 1. The Balaban J connectivity index is 1.97. The average Bonchev–Trinajstić information content (AvgIpc) is 2.38. The molecule has 1 saturated heterocycles. The minimum Gasteiger partial charge on any atom is -0.391 e. The average molecular weight is 283 g/mol. The number of nitrogens with zero attached hydrogens (tertiary/aromatic N) is 1. The summed E-state index contributed by atoms with van der Waals surface area (Å²) in [4.78, 5) is 25.1. The lowest BCUT2D eigenvalue weighted by Gasteiger charge is -2.29. The van der Waals surface area contributed by atoms with Gasteiger partial charge in [-0.25, -0.2) is 0 Å². The van der Waals surface area contributed by atoms with Gasteiger partial charge >= 0.3 is 11.8 Å². The Hall–Kier alpha value is -1.59. The number of rotatable bonds is 1. The van der Waals surface area contributed by atoms with Gasteiger partial charge in [0.05, 0.1) is 6.10 Å². The third kappa shape index (κ3) is 3.68. The zero-order chi connectivity index (χ0) is 13.8. The van der Waals surface area contributed by atoms with Crippen LogP contribution in [-0.4, -0.2) is 41.0 Å². The SMILES string of the molecule is O=C(Nc1cccc(Cl)c1)C(=O)N1CCCC(O)C1. The van der Waals surface area contributed by atoms with Gasteiger partial charge in [-0.05, 0) is 31.0 Å². The number of benzene rings is 1. The predicted octanol–water partition coefficient (Wildman–Crippen LogP) is 1.26. The molecule has 5 nitrogen and oxygen atoms in total. The highest BCUT2D eigenvalue weighted by molar-refractivity contribution is 6.39. The van der Waals surface area contributed by atoms with E-state index in [1.54, 1.807) is 24.3 Å². The van der Waals surface area contributed by atoms with Gasteiger partial charge in [-0.3, -0.25) is 9.59 Å². The van der Waals surface area contributed by atoms with Crippen molar-refractivity contribution in [1.82, 2.24) is 4.90 Å². The van der Waals surface area contributed by atoms with Gasteiger partial charge in [0.2, 0.25) is 0 Å². The van der Waals surface area contributed by atoms with Crippen molar-refractivity contribution >= 4 is 29.1 Å². The summed E-state index contributed by atoms with van der Waals surface area (Å²) in [5.74, 6) is -1.34. The van der Waals surface area contributed by atoms with Crippen molar-refractivity contribution in [2.75, 3.05) is 18.4 Å². The van der Waals surface area contributed by atoms with Crippen molar-refractivity contribution in [1.29, 1.82) is 0 Å². The van der Waals surface area contributed by atoms with E-state index in [1.165, 1.54) is 4.90 Å². The standard InChI is InChI=1S/C13H15ClN2O3/c14-9-3-1-4-10(7-9)15-12(18)13(19)16-6-2-5-11(17)8-16/h1,3-4,7,11,17H,2,5-6,8H2,(H,15,18). The normalized spacial score (nSPS) is 19.1. The number of anilines is 1. The van der Waals surface area contributed by atoms with Gasteiger partial charge < -0.3 is 15.3 Å². The van der Waals surface area contributed by atoms with Crippen molar-refractivity contribution in [3.8, 4) is 0 Å². The number of amides is 2. The van der Waals surface area contributed by atoms with Gasteiger partial charge in [0.15, 0.2) is 0 Å². The number of hydrogen-bond donors (Lipinski definition) is 2. The number of hydrogen-bond acceptors (Lipinski definition) is 3. The zero-order valence-corrected chi connectivity index (χ0v) is 11.1. The van der Waals surface area contributed by atoms with E-state index in [2.05, 4.69) is 5.32 Å². The second-order valence-electron chi connectivity index (χ2n) is 4.51. The summed E-state index contributed by atoms with van der Waals surface area (Å²) in [7, 11) is 0. The molecule has 1 aromatic rings. The molecule has 0 spiro atoms. The quantitative estimate of drug-likeness (QED) is 0.762. The molecule has 1 aliphatic rings. The first-order chi connectivity index (χ1) is 9.06. The van der Waals surface area contributed by atoms with Gasteiger partial charge in [-0.2, -0.15) is 0 Å². The largest absolute Gasteiger partial charge is 0.391 e. The zero-order valence-electron chi connectivity index (χ0n) is 10.3. The molecule has 1 heterocycles. The van der Waals surface area contributed by atoms with Crippen molar-refractivity contribution in [3.63, 3.8) is 0 Å². The van der Waals surface area contributed by atoms with Crippen LogP contribution in [0.5, 0.6) is 0 Å². The van der Waals surface area contributed by atoms with Crippen LogP contribution in [-0.2, 0) is 9.59 Å². The Morgan fingerprint density at radius 2 is 2.21 bits per heavy atom. The fraction of sp³-hybridized carbons (Fsp3) is 0.385. The number of halogens is 1. The van der Waals surface area contributed by atoms with Crippen LogP contribution >= 0.6 is 11.6 Å². The lowest BCUT2D eigenvalue weighted by Crippen LogP contribution is -2.46. The molecule has 2 rings (SSSR count). The van der Waals surface area contributed by atoms with E-state index in [0.717, 1.165) is 0 Å². The maximum absolute atomic E-state index is 11.9. The van der Waals surface area contributed by atoms with Gasteiger partial charge in [-0.1, -0.05) is 17.7 Å². The van der Waals surface area contributed by atoms with Crippen molar-refractivity contribution in [3.05, 3.63) is 29.3 Å². The molecule has 0 bridgehead atoms. The van der Waals surface area contributed by atoms with E-state index in [4.69, 9.17) is 11.6 Å². The van der Waals surface area contributed by atoms with Crippen LogP contribution in [0.25, 0.3) is 0 Å². The second-order valence-corrected chi connectivity index (χ2v) is 4.95. The number of carbonyl (C=O) groups is 2. The highest BCUT2D eigenvalue weighted by Crippen LogP contribution is 2.15. The molecule has 1 atom stereocenters. The van der Waals surface area contributed by atoms with E-state index in [9.17, 15) is 14.7 Å². The Labute approximate surface area is 116 Å². The maximum Gasteiger partial charge on any atom is 0.313 e. The Morgan fingerprint density at radius 1 is 1.42 bits per heavy atom. The van der Waals surface area contributed by atoms with Crippen LogP contribution in [0, 0.1) is 0 Å². The molecule has 1 unspecified atom stereocenters. The van der Waals surface area contributed by atoms with E-state index >= 15 is 0 Å². The molecule has 19 heavy (non-hydrogen) atoms. The first kappa shape index (κ1) is 13.8. The lowest BCUT2D eigenvalue weighted by atomic mass is 10.1. The first-order valence-corrected chi connectivity index (χ1v) is 6.48. The summed E-state index contributed by atoms with van der Waals surface area (Å²) in [5, 5.41) is 12.5. The summed E-state index contributed by atoms with van der Waals surface area (Å²) in [6.07, 6.45) is 0.827. The summed E-state index contributed by atoms with van der Waals surface area (Å²) in [6.45, 7) is 0.709. The van der Waals surface area contributed by atoms with E-state index in [0.29, 0.717) is 30.1 Å². The van der Waals surface area contributed by atoms with Crippen molar-refractivity contribution < 1.29 is 14.7 Å². The van der Waals surface area contributed by atoms with Crippen LogP contribution in [0.15, 0.2) is 24.3 Å². The topological polar surface area (TPSA) is 69.6 Å². The highest BCUT2D eigenvalue weighted by Gasteiger charge is 2.26. The van der Waals surface area contributed by atoms with Crippen molar-refractivity contribution in [2.45, 2.75) is 18.9 Å². The van der Waals surface area contributed by atoms with Crippen molar-refractivity contribution in [2.24, 2.45) is 0 Å². The van der Waals surface area contributed by atoms with E-state index in [-0.39, 0.29) is 6.54 Å². The monoisotopic (exact) mass is 282 g/mol. The molecule has 0 aromatic heterocycles. The fourth-order valence-electron chi connectivity index (χ4n) is 2.03. The third-order valence-corrected chi connectivity index (χ3v) is 3.20. The molecule has 1 aliphatic heterocycles. The first-order valence-electron chi connectivity index (χ1n) is 6.10. The van der Waals surface area contributed by atoms with Crippen LogP contribution in [0.3, 0.4) is 0 Å². The molecular formula is C13H15ClN2O3. The van der Waals surface area contributed by atoms with Gasteiger partial charge in [0, 0.05) is 23.8 Å². The number of nitrogens with one attached hydrogen (secondary N) is 1. The number of piperidine rings is 1. The summed E-state index contributed by atoms with van der Waals surface area (Å²) >= 11 is 5.80.